The number of carbonyl (C=O) groups excluding carboxylic acids is 1. The fraction of sp³-hybridized carbons (Fsp3) is 0.316. The molecule has 3 rings (SSSR count). The van der Waals surface area contributed by atoms with Gasteiger partial charge in [0.25, 0.3) is 0 Å². The summed E-state index contributed by atoms with van der Waals surface area (Å²) in [6.07, 6.45) is -4.55. The molecule has 1 aliphatic rings. The molecule has 1 saturated heterocycles. The average Bonchev–Trinajstić information content (AvgIpc) is 2.66. The highest BCUT2D eigenvalue weighted by molar-refractivity contribution is 5.89. The minimum Gasteiger partial charge on any atom is -0.453 e. The summed E-state index contributed by atoms with van der Waals surface area (Å²) in [6.45, 7) is 0.181. The van der Waals surface area contributed by atoms with Crippen LogP contribution in [0.4, 0.5) is 0 Å². The van der Waals surface area contributed by atoms with Gasteiger partial charge in [-0.05, 0) is 17.7 Å². The first kappa shape index (κ1) is 17.6. The first-order valence-corrected chi connectivity index (χ1v) is 8.04. The van der Waals surface area contributed by atoms with Gasteiger partial charge in [0.15, 0.2) is 12.4 Å². The van der Waals surface area contributed by atoms with Crippen molar-refractivity contribution in [3.63, 3.8) is 0 Å². The van der Waals surface area contributed by atoms with E-state index in [9.17, 15) is 15.0 Å². The Morgan fingerprint density at radius 1 is 1.00 bits per heavy atom. The summed E-state index contributed by atoms with van der Waals surface area (Å²) >= 11 is 0. The van der Waals surface area contributed by atoms with Crippen molar-refractivity contribution in [1.29, 1.82) is 0 Å². The van der Waals surface area contributed by atoms with E-state index in [2.05, 4.69) is 0 Å². The van der Waals surface area contributed by atoms with Gasteiger partial charge in [-0.1, -0.05) is 48.5 Å². The number of rotatable bonds is 5. The average molecular weight is 344 g/mol. The van der Waals surface area contributed by atoms with E-state index in [-0.39, 0.29) is 13.2 Å². The van der Waals surface area contributed by atoms with Gasteiger partial charge in [0, 0.05) is 0 Å². The van der Waals surface area contributed by atoms with E-state index in [1.807, 2.05) is 30.3 Å². The van der Waals surface area contributed by atoms with Crippen molar-refractivity contribution in [2.75, 3.05) is 6.61 Å². The fourth-order valence-corrected chi connectivity index (χ4v) is 2.55. The number of ether oxygens (including phenoxy) is 3. The standard InChI is InChI=1S/C19H20O6/c20-16-15(25-18(22)14-9-5-2-6-10-14)12-24-19(17(16)21)23-11-13-7-3-1-4-8-13/h1-10,15-17,19-21H,11-12H2/t15-,16+,17-,19+/m1/s1. The predicted molar refractivity (Wildman–Crippen MR) is 88.6 cm³/mol. The lowest BCUT2D eigenvalue weighted by Crippen LogP contribution is -2.55. The summed E-state index contributed by atoms with van der Waals surface area (Å²) in [4.78, 5) is 12.1. The summed E-state index contributed by atoms with van der Waals surface area (Å²) in [6, 6.07) is 17.9. The molecular formula is C19H20O6. The molecule has 0 unspecified atom stereocenters. The quantitative estimate of drug-likeness (QED) is 0.800. The highest BCUT2D eigenvalue weighted by atomic mass is 16.7. The van der Waals surface area contributed by atoms with Crippen LogP contribution < -0.4 is 0 Å². The Bertz CT molecular complexity index is 675. The second-order valence-corrected chi connectivity index (χ2v) is 5.79. The highest BCUT2D eigenvalue weighted by Gasteiger charge is 2.41. The smallest absolute Gasteiger partial charge is 0.338 e. The van der Waals surface area contributed by atoms with Gasteiger partial charge in [-0.15, -0.1) is 0 Å². The van der Waals surface area contributed by atoms with Crippen molar-refractivity contribution in [1.82, 2.24) is 0 Å². The van der Waals surface area contributed by atoms with Gasteiger partial charge >= 0.3 is 5.97 Å². The van der Waals surface area contributed by atoms with E-state index < -0.39 is 30.6 Å². The van der Waals surface area contributed by atoms with Crippen LogP contribution in [0.25, 0.3) is 0 Å². The molecule has 0 spiro atoms. The molecule has 0 aromatic heterocycles. The number of hydrogen-bond donors (Lipinski definition) is 2. The third kappa shape index (κ3) is 4.43. The third-order valence-electron chi connectivity index (χ3n) is 3.96. The minimum atomic E-state index is -1.31. The molecule has 132 valence electrons. The zero-order valence-corrected chi connectivity index (χ0v) is 13.5. The first-order valence-electron chi connectivity index (χ1n) is 8.04. The van der Waals surface area contributed by atoms with Crippen LogP contribution in [-0.4, -0.2) is 47.4 Å². The van der Waals surface area contributed by atoms with Crippen LogP contribution in [0.5, 0.6) is 0 Å². The van der Waals surface area contributed by atoms with Gasteiger partial charge in [0.1, 0.15) is 12.2 Å². The molecule has 1 aliphatic heterocycles. The van der Waals surface area contributed by atoms with E-state index >= 15 is 0 Å². The molecule has 1 fully saturated rings. The zero-order chi connectivity index (χ0) is 17.6. The lowest BCUT2D eigenvalue weighted by Gasteiger charge is -2.36. The molecule has 0 saturated carbocycles. The predicted octanol–water partition coefficient (Wildman–Crippen LogP) is 1.51. The molecule has 0 aliphatic carbocycles. The van der Waals surface area contributed by atoms with Gasteiger partial charge < -0.3 is 24.4 Å². The van der Waals surface area contributed by atoms with Crippen molar-refractivity contribution in [3.8, 4) is 0 Å². The summed E-state index contributed by atoms with van der Waals surface area (Å²) in [5.41, 5.74) is 1.29. The molecule has 2 aromatic rings. The molecule has 4 atom stereocenters. The molecule has 0 amide bonds. The Morgan fingerprint density at radius 2 is 1.64 bits per heavy atom. The number of hydrogen-bond acceptors (Lipinski definition) is 6. The van der Waals surface area contributed by atoms with Gasteiger partial charge in [-0.25, -0.2) is 4.79 Å². The lowest BCUT2D eigenvalue weighted by molar-refractivity contribution is -0.273. The number of aliphatic hydroxyl groups is 2. The number of benzene rings is 2. The van der Waals surface area contributed by atoms with Crippen LogP contribution in [0.15, 0.2) is 60.7 Å². The van der Waals surface area contributed by atoms with Crippen LogP contribution in [0, 0.1) is 0 Å². The summed E-state index contributed by atoms with van der Waals surface area (Å²) in [5.74, 6) is -0.580. The van der Waals surface area contributed by atoms with Crippen molar-refractivity contribution in [2.45, 2.75) is 31.2 Å². The van der Waals surface area contributed by atoms with Crippen molar-refractivity contribution < 1.29 is 29.2 Å². The summed E-state index contributed by atoms with van der Waals surface area (Å²) in [5, 5.41) is 20.4. The van der Waals surface area contributed by atoms with Crippen LogP contribution in [0.2, 0.25) is 0 Å². The van der Waals surface area contributed by atoms with Crippen molar-refractivity contribution in [3.05, 3.63) is 71.8 Å². The monoisotopic (exact) mass is 344 g/mol. The van der Waals surface area contributed by atoms with E-state index in [0.717, 1.165) is 5.56 Å². The summed E-state index contributed by atoms with van der Waals surface area (Å²) < 4.78 is 16.2. The Hall–Kier alpha value is -2.25. The minimum absolute atomic E-state index is 0.0593. The molecular weight excluding hydrogens is 324 g/mol. The Labute approximate surface area is 145 Å². The SMILES string of the molecule is O=C(O[C@@H]1CO[C@H](OCc2ccccc2)[C@H](O)[C@H]1O)c1ccccc1. The molecule has 25 heavy (non-hydrogen) atoms. The first-order chi connectivity index (χ1) is 12.1. The summed E-state index contributed by atoms with van der Waals surface area (Å²) in [7, 11) is 0. The molecule has 0 radical (unpaired) electrons. The van der Waals surface area contributed by atoms with Gasteiger partial charge in [0.05, 0.1) is 18.8 Å². The van der Waals surface area contributed by atoms with Gasteiger partial charge in [0.2, 0.25) is 0 Å². The van der Waals surface area contributed by atoms with E-state index in [4.69, 9.17) is 14.2 Å². The van der Waals surface area contributed by atoms with Gasteiger partial charge in [-0.2, -0.15) is 0 Å². The number of aliphatic hydroxyl groups excluding tert-OH is 2. The Kier molecular flexibility index (Phi) is 5.78. The topological polar surface area (TPSA) is 85.2 Å². The van der Waals surface area contributed by atoms with E-state index in [1.165, 1.54) is 0 Å². The second kappa shape index (κ2) is 8.22. The van der Waals surface area contributed by atoms with Crippen LogP contribution in [0.1, 0.15) is 15.9 Å². The highest BCUT2D eigenvalue weighted by Crippen LogP contribution is 2.21. The number of carbonyl (C=O) groups is 1. The maximum absolute atomic E-state index is 12.1. The maximum atomic E-state index is 12.1. The van der Waals surface area contributed by atoms with E-state index in [1.54, 1.807) is 30.3 Å². The molecule has 0 bridgehead atoms. The Morgan fingerprint density at radius 3 is 2.32 bits per heavy atom. The fourth-order valence-electron chi connectivity index (χ4n) is 2.55. The lowest BCUT2D eigenvalue weighted by atomic mass is 10.1. The molecule has 6 heteroatoms. The molecule has 6 nitrogen and oxygen atoms in total. The second-order valence-electron chi connectivity index (χ2n) is 5.79. The third-order valence-corrected chi connectivity index (χ3v) is 3.96. The zero-order valence-electron chi connectivity index (χ0n) is 13.5. The maximum Gasteiger partial charge on any atom is 0.338 e. The molecule has 2 aromatic carbocycles. The van der Waals surface area contributed by atoms with Crippen molar-refractivity contribution in [2.24, 2.45) is 0 Å². The normalized spacial score (nSPS) is 26.2. The van der Waals surface area contributed by atoms with E-state index in [0.29, 0.717) is 5.56 Å². The molecule has 2 N–H and O–H groups in total. The van der Waals surface area contributed by atoms with Gasteiger partial charge in [-0.3, -0.25) is 0 Å². The Balaban J connectivity index is 1.54. The van der Waals surface area contributed by atoms with Crippen LogP contribution >= 0.6 is 0 Å². The van der Waals surface area contributed by atoms with Crippen LogP contribution in [-0.2, 0) is 20.8 Å². The number of esters is 1. The van der Waals surface area contributed by atoms with Crippen molar-refractivity contribution >= 4 is 5.97 Å². The largest absolute Gasteiger partial charge is 0.453 e. The molecule has 1 heterocycles. The van der Waals surface area contributed by atoms with Crippen LogP contribution in [0.3, 0.4) is 0 Å².